The van der Waals surface area contributed by atoms with Crippen LogP contribution in [0.5, 0.6) is 0 Å². The van der Waals surface area contributed by atoms with Gasteiger partial charge in [-0.05, 0) is 31.7 Å². The molecule has 2 aromatic rings. The Morgan fingerprint density at radius 1 is 1.38 bits per heavy atom. The second-order valence-corrected chi connectivity index (χ2v) is 6.63. The Hall–Kier alpha value is -1.75. The van der Waals surface area contributed by atoms with Crippen LogP contribution in [-0.2, 0) is 6.42 Å². The van der Waals surface area contributed by atoms with Crippen LogP contribution in [-0.4, -0.2) is 26.3 Å². The zero-order valence-corrected chi connectivity index (χ0v) is 13.2. The molecular weight excluding hydrogens is 262 g/mol. The molecule has 1 aliphatic rings. The maximum atomic E-state index is 4.59. The molecule has 0 spiro atoms. The fourth-order valence-corrected chi connectivity index (χ4v) is 3.22. The van der Waals surface area contributed by atoms with Gasteiger partial charge in [-0.15, -0.1) is 0 Å². The summed E-state index contributed by atoms with van der Waals surface area (Å²) in [6, 6.07) is 2.36. The quantitative estimate of drug-likeness (QED) is 0.942. The molecule has 0 amide bonds. The van der Waals surface area contributed by atoms with Crippen molar-refractivity contribution in [3.05, 3.63) is 35.5 Å². The first-order valence-corrected chi connectivity index (χ1v) is 7.59. The van der Waals surface area contributed by atoms with Gasteiger partial charge < -0.3 is 5.32 Å². The summed E-state index contributed by atoms with van der Waals surface area (Å²) in [5, 5.41) is 8.18. The summed E-state index contributed by atoms with van der Waals surface area (Å²) in [6.45, 7) is 9.75. The van der Waals surface area contributed by atoms with E-state index in [0.29, 0.717) is 6.04 Å². The number of hydrogen-bond donors (Lipinski definition) is 1. The monoisotopic (exact) mass is 285 g/mol. The zero-order valence-electron chi connectivity index (χ0n) is 13.2. The highest BCUT2D eigenvalue weighted by molar-refractivity contribution is 5.34. The average molecular weight is 285 g/mol. The van der Waals surface area contributed by atoms with E-state index in [4.69, 9.17) is 0 Å². The van der Waals surface area contributed by atoms with Gasteiger partial charge >= 0.3 is 0 Å². The molecule has 0 fully saturated rings. The molecule has 1 unspecified atom stereocenters. The lowest BCUT2D eigenvalue weighted by Crippen LogP contribution is -2.33. The minimum atomic E-state index is 0.264. The van der Waals surface area contributed by atoms with Gasteiger partial charge in [0, 0.05) is 23.4 Å². The second kappa shape index (κ2) is 5.22. The molecule has 0 saturated carbocycles. The lowest BCUT2D eigenvalue weighted by Gasteiger charge is -2.35. The number of fused-ring (bicyclic) bond motifs is 1. The Kier molecular flexibility index (Phi) is 3.53. The predicted octanol–water partition coefficient (Wildman–Crippen LogP) is 2.59. The van der Waals surface area contributed by atoms with E-state index in [-0.39, 0.29) is 5.41 Å². The van der Waals surface area contributed by atoms with Gasteiger partial charge in [-0.3, -0.25) is 0 Å². The van der Waals surface area contributed by atoms with Crippen LogP contribution in [0.25, 0.3) is 5.82 Å². The summed E-state index contributed by atoms with van der Waals surface area (Å²) < 4.78 is 1.98. The van der Waals surface area contributed by atoms with E-state index in [9.17, 15) is 0 Å². The molecule has 0 radical (unpaired) electrons. The number of aromatic nitrogens is 4. The van der Waals surface area contributed by atoms with Crippen molar-refractivity contribution in [3.8, 4) is 5.82 Å². The minimum absolute atomic E-state index is 0.264. The molecule has 1 aliphatic carbocycles. The van der Waals surface area contributed by atoms with Gasteiger partial charge in [0.05, 0.1) is 11.9 Å². The SMILES string of the molecule is CCNC1CC(C)(C)Cc2c1cnn2-c1cc(C)ncn1. The third-order valence-electron chi connectivity index (χ3n) is 4.14. The first-order chi connectivity index (χ1) is 10.00. The summed E-state index contributed by atoms with van der Waals surface area (Å²) in [4.78, 5) is 8.55. The largest absolute Gasteiger partial charge is 0.310 e. The van der Waals surface area contributed by atoms with Crippen molar-refractivity contribution in [3.63, 3.8) is 0 Å². The van der Waals surface area contributed by atoms with Crippen molar-refractivity contribution in [1.82, 2.24) is 25.1 Å². The van der Waals surface area contributed by atoms with Gasteiger partial charge in [-0.25, -0.2) is 14.6 Å². The topological polar surface area (TPSA) is 55.6 Å². The van der Waals surface area contributed by atoms with Crippen LogP contribution < -0.4 is 5.32 Å². The third kappa shape index (κ3) is 2.70. The van der Waals surface area contributed by atoms with E-state index in [1.807, 2.05) is 23.9 Å². The van der Waals surface area contributed by atoms with E-state index >= 15 is 0 Å². The molecule has 0 aromatic carbocycles. The van der Waals surface area contributed by atoms with Crippen LogP contribution in [0, 0.1) is 12.3 Å². The Labute approximate surface area is 125 Å². The first-order valence-electron chi connectivity index (χ1n) is 7.59. The summed E-state index contributed by atoms with van der Waals surface area (Å²) in [5.74, 6) is 0.858. The molecule has 0 saturated heterocycles. The van der Waals surface area contributed by atoms with Gasteiger partial charge in [-0.2, -0.15) is 5.10 Å². The molecule has 0 bridgehead atoms. The van der Waals surface area contributed by atoms with E-state index in [0.717, 1.165) is 30.9 Å². The Morgan fingerprint density at radius 3 is 2.90 bits per heavy atom. The van der Waals surface area contributed by atoms with E-state index in [2.05, 4.69) is 41.2 Å². The van der Waals surface area contributed by atoms with Gasteiger partial charge in [0.1, 0.15) is 6.33 Å². The number of nitrogens with zero attached hydrogens (tertiary/aromatic N) is 4. The van der Waals surface area contributed by atoms with Crippen molar-refractivity contribution in [2.24, 2.45) is 5.41 Å². The van der Waals surface area contributed by atoms with Crippen molar-refractivity contribution in [1.29, 1.82) is 0 Å². The van der Waals surface area contributed by atoms with E-state index < -0.39 is 0 Å². The standard InChI is InChI=1S/C16H23N5/c1-5-17-13-7-16(3,4)8-14-12(13)9-20-21(14)15-6-11(2)18-10-19-15/h6,9-10,13,17H,5,7-8H2,1-4H3. The molecule has 1 N–H and O–H groups in total. The lowest BCUT2D eigenvalue weighted by molar-refractivity contribution is 0.255. The van der Waals surface area contributed by atoms with Crippen molar-refractivity contribution < 1.29 is 0 Å². The van der Waals surface area contributed by atoms with Crippen LogP contribution in [0.2, 0.25) is 0 Å². The van der Waals surface area contributed by atoms with Gasteiger partial charge in [-0.1, -0.05) is 20.8 Å². The number of aryl methyl sites for hydroxylation is 1. The molecule has 112 valence electrons. The van der Waals surface area contributed by atoms with Crippen molar-refractivity contribution >= 4 is 0 Å². The highest BCUT2D eigenvalue weighted by Gasteiger charge is 2.34. The Morgan fingerprint density at radius 2 is 2.19 bits per heavy atom. The van der Waals surface area contributed by atoms with Crippen molar-refractivity contribution in [2.45, 2.75) is 46.6 Å². The Balaban J connectivity index is 2.07. The van der Waals surface area contributed by atoms with Gasteiger partial charge in [0.25, 0.3) is 0 Å². The number of rotatable bonds is 3. The fourth-order valence-electron chi connectivity index (χ4n) is 3.22. The number of nitrogens with one attached hydrogen (secondary N) is 1. The second-order valence-electron chi connectivity index (χ2n) is 6.63. The molecule has 5 nitrogen and oxygen atoms in total. The van der Waals surface area contributed by atoms with Crippen LogP contribution in [0.1, 0.15) is 50.2 Å². The molecule has 2 heterocycles. The highest BCUT2D eigenvalue weighted by Crippen LogP contribution is 2.41. The van der Waals surface area contributed by atoms with Gasteiger partial charge in [0.15, 0.2) is 5.82 Å². The molecule has 2 aromatic heterocycles. The molecule has 21 heavy (non-hydrogen) atoms. The van der Waals surface area contributed by atoms with Gasteiger partial charge in [0.2, 0.25) is 0 Å². The molecule has 0 aliphatic heterocycles. The van der Waals surface area contributed by atoms with Crippen LogP contribution in [0.15, 0.2) is 18.6 Å². The summed E-state index contributed by atoms with van der Waals surface area (Å²) >= 11 is 0. The van der Waals surface area contributed by atoms with Crippen LogP contribution in [0.3, 0.4) is 0 Å². The molecule has 1 atom stereocenters. The molecule has 3 rings (SSSR count). The Bertz CT molecular complexity index is 644. The highest BCUT2D eigenvalue weighted by atomic mass is 15.3. The maximum absolute atomic E-state index is 4.59. The molecule has 5 heteroatoms. The third-order valence-corrected chi connectivity index (χ3v) is 4.14. The summed E-state index contributed by atoms with van der Waals surface area (Å²) in [6.07, 6.45) is 5.76. The maximum Gasteiger partial charge on any atom is 0.157 e. The summed E-state index contributed by atoms with van der Waals surface area (Å²) in [5.41, 5.74) is 3.81. The van der Waals surface area contributed by atoms with E-state index in [1.165, 1.54) is 11.3 Å². The van der Waals surface area contributed by atoms with Crippen LogP contribution in [0.4, 0.5) is 0 Å². The average Bonchev–Trinajstić information content (AvgIpc) is 2.81. The zero-order chi connectivity index (χ0) is 15.0. The smallest absolute Gasteiger partial charge is 0.157 e. The molecular formula is C16H23N5. The fraction of sp³-hybridized carbons (Fsp3) is 0.562. The predicted molar refractivity (Wildman–Crippen MR) is 82.4 cm³/mol. The van der Waals surface area contributed by atoms with Crippen LogP contribution >= 0.6 is 0 Å². The minimum Gasteiger partial charge on any atom is -0.310 e. The van der Waals surface area contributed by atoms with Crippen molar-refractivity contribution in [2.75, 3.05) is 6.54 Å². The normalized spacial score (nSPS) is 20.3. The van der Waals surface area contributed by atoms with E-state index in [1.54, 1.807) is 6.33 Å². The summed E-state index contributed by atoms with van der Waals surface area (Å²) in [7, 11) is 0. The lowest BCUT2D eigenvalue weighted by atomic mass is 9.74. The number of hydrogen-bond acceptors (Lipinski definition) is 4. The first kappa shape index (κ1) is 14.2.